The third kappa shape index (κ3) is 4.23. The first-order valence-electron chi connectivity index (χ1n) is 8.52. The Labute approximate surface area is 149 Å². The molecule has 0 radical (unpaired) electrons. The first-order valence-corrected chi connectivity index (χ1v) is 10.1. The van der Waals surface area contributed by atoms with Crippen LogP contribution in [0.15, 0.2) is 10.6 Å². The van der Waals surface area contributed by atoms with E-state index in [1.165, 1.54) is 13.8 Å². The molecule has 1 aromatic heterocycles. The van der Waals surface area contributed by atoms with Crippen LogP contribution in [-0.4, -0.2) is 42.7 Å². The summed E-state index contributed by atoms with van der Waals surface area (Å²) >= 11 is 0. The summed E-state index contributed by atoms with van der Waals surface area (Å²) < 4.78 is 34.6. The van der Waals surface area contributed by atoms with Crippen LogP contribution < -0.4 is 5.32 Å². The molecule has 1 saturated heterocycles. The van der Waals surface area contributed by atoms with Crippen molar-refractivity contribution >= 4 is 15.7 Å². The lowest BCUT2D eigenvalue weighted by molar-refractivity contribution is -0.123. The van der Waals surface area contributed by atoms with Crippen molar-refractivity contribution in [3.05, 3.63) is 17.5 Å². The maximum Gasteiger partial charge on any atom is 0.241 e. The fourth-order valence-electron chi connectivity index (χ4n) is 2.66. The van der Waals surface area contributed by atoms with Gasteiger partial charge in [-0.3, -0.25) is 4.79 Å². The molecule has 0 atom stereocenters. The highest BCUT2D eigenvalue weighted by atomic mass is 32.2. The standard InChI is InChI=1S/C17H28N2O5S/c1-16(2,3)14-10-12(24-19-14)11-18-15(20)17(4,5)25(21,22)13-6-8-23-9-7-13/h10,13H,6-9,11H2,1-5H3,(H,18,20). The molecule has 2 rings (SSSR count). The van der Waals surface area contributed by atoms with E-state index >= 15 is 0 Å². The van der Waals surface area contributed by atoms with Crippen LogP contribution in [-0.2, 0) is 31.3 Å². The number of carbonyl (C=O) groups is 1. The second kappa shape index (κ2) is 7.07. The van der Waals surface area contributed by atoms with E-state index in [0.717, 1.165) is 5.69 Å². The van der Waals surface area contributed by atoms with Crippen molar-refractivity contribution in [3.63, 3.8) is 0 Å². The number of sulfone groups is 1. The van der Waals surface area contributed by atoms with Gasteiger partial charge in [0.05, 0.1) is 17.5 Å². The quantitative estimate of drug-likeness (QED) is 0.848. The molecule has 8 heteroatoms. The lowest BCUT2D eigenvalue weighted by atomic mass is 9.92. The first-order chi connectivity index (χ1) is 11.5. The van der Waals surface area contributed by atoms with Gasteiger partial charge in [-0.15, -0.1) is 0 Å². The van der Waals surface area contributed by atoms with Crippen molar-refractivity contribution in [1.82, 2.24) is 10.5 Å². The molecule has 1 aliphatic rings. The Morgan fingerprint density at radius 2 is 1.84 bits per heavy atom. The molecule has 1 fully saturated rings. The van der Waals surface area contributed by atoms with Gasteiger partial charge in [0.25, 0.3) is 0 Å². The van der Waals surface area contributed by atoms with E-state index < -0.39 is 25.7 Å². The molecular formula is C17H28N2O5S. The first kappa shape index (κ1) is 19.9. The summed E-state index contributed by atoms with van der Waals surface area (Å²) in [6.45, 7) is 9.87. The Morgan fingerprint density at radius 1 is 1.24 bits per heavy atom. The van der Waals surface area contributed by atoms with Gasteiger partial charge in [0.15, 0.2) is 15.6 Å². The molecule has 1 amide bonds. The minimum Gasteiger partial charge on any atom is -0.381 e. The average Bonchev–Trinajstić information content (AvgIpc) is 3.02. The molecule has 2 heterocycles. The molecule has 1 N–H and O–H groups in total. The normalized spacial score (nSPS) is 17.5. The molecule has 0 aromatic carbocycles. The monoisotopic (exact) mass is 372 g/mol. The van der Waals surface area contributed by atoms with Crippen molar-refractivity contribution in [3.8, 4) is 0 Å². The number of hydrogen-bond acceptors (Lipinski definition) is 6. The van der Waals surface area contributed by atoms with Crippen LogP contribution >= 0.6 is 0 Å². The van der Waals surface area contributed by atoms with Gasteiger partial charge in [-0.1, -0.05) is 25.9 Å². The minimum atomic E-state index is -3.62. The second-order valence-corrected chi connectivity index (χ2v) is 10.8. The van der Waals surface area contributed by atoms with Gasteiger partial charge in [0, 0.05) is 24.7 Å². The maximum absolute atomic E-state index is 12.8. The minimum absolute atomic E-state index is 0.106. The summed E-state index contributed by atoms with van der Waals surface area (Å²) in [4.78, 5) is 12.5. The van der Waals surface area contributed by atoms with Crippen molar-refractivity contribution in [2.45, 2.75) is 69.4 Å². The van der Waals surface area contributed by atoms with Crippen LogP contribution in [0.1, 0.15) is 58.9 Å². The third-order valence-electron chi connectivity index (χ3n) is 4.62. The van der Waals surface area contributed by atoms with Crippen LogP contribution in [0.2, 0.25) is 0 Å². The number of nitrogens with one attached hydrogen (secondary N) is 1. The van der Waals surface area contributed by atoms with Crippen LogP contribution in [0.25, 0.3) is 0 Å². The van der Waals surface area contributed by atoms with Crippen molar-refractivity contribution in [2.24, 2.45) is 0 Å². The van der Waals surface area contributed by atoms with Gasteiger partial charge < -0.3 is 14.6 Å². The Morgan fingerprint density at radius 3 is 2.36 bits per heavy atom. The number of nitrogens with zero attached hydrogens (tertiary/aromatic N) is 1. The zero-order valence-electron chi connectivity index (χ0n) is 15.6. The summed E-state index contributed by atoms with van der Waals surface area (Å²) in [6, 6.07) is 1.78. The molecule has 0 bridgehead atoms. The smallest absolute Gasteiger partial charge is 0.241 e. The molecule has 25 heavy (non-hydrogen) atoms. The van der Waals surface area contributed by atoms with Crippen LogP contribution in [0.3, 0.4) is 0 Å². The van der Waals surface area contributed by atoms with Gasteiger partial charge in [-0.05, 0) is 26.7 Å². The molecule has 142 valence electrons. The molecular weight excluding hydrogens is 344 g/mol. The van der Waals surface area contributed by atoms with Gasteiger partial charge in [0.2, 0.25) is 5.91 Å². The van der Waals surface area contributed by atoms with Crippen molar-refractivity contribution < 1.29 is 22.5 Å². The number of rotatable bonds is 5. The van der Waals surface area contributed by atoms with E-state index in [1.54, 1.807) is 6.07 Å². The molecule has 7 nitrogen and oxygen atoms in total. The zero-order chi connectivity index (χ0) is 18.9. The molecule has 0 unspecified atom stereocenters. The molecule has 1 aromatic rings. The Kier molecular flexibility index (Phi) is 5.63. The Bertz CT molecular complexity index is 710. The highest BCUT2D eigenvalue weighted by molar-refractivity contribution is 7.94. The van der Waals surface area contributed by atoms with E-state index in [2.05, 4.69) is 10.5 Å². The number of aromatic nitrogens is 1. The zero-order valence-corrected chi connectivity index (χ0v) is 16.4. The van der Waals surface area contributed by atoms with Crippen LogP contribution in [0.5, 0.6) is 0 Å². The molecule has 0 spiro atoms. The predicted octanol–water partition coefficient (Wildman–Crippen LogP) is 1.96. The summed E-state index contributed by atoms with van der Waals surface area (Å²) in [5.41, 5.74) is 0.628. The van der Waals surface area contributed by atoms with Crippen molar-refractivity contribution in [2.75, 3.05) is 13.2 Å². The third-order valence-corrected chi connectivity index (χ3v) is 7.57. The average molecular weight is 372 g/mol. The van der Waals surface area contributed by atoms with Crippen LogP contribution in [0, 0.1) is 0 Å². The highest BCUT2D eigenvalue weighted by Crippen LogP contribution is 2.28. The number of hydrogen-bond donors (Lipinski definition) is 1. The van der Waals surface area contributed by atoms with E-state index in [-0.39, 0.29) is 12.0 Å². The lowest BCUT2D eigenvalue weighted by Crippen LogP contribution is -2.52. The van der Waals surface area contributed by atoms with E-state index in [4.69, 9.17) is 9.26 Å². The van der Waals surface area contributed by atoms with E-state index in [9.17, 15) is 13.2 Å². The molecule has 0 saturated carbocycles. The topological polar surface area (TPSA) is 98.5 Å². The van der Waals surface area contributed by atoms with Gasteiger partial charge >= 0.3 is 0 Å². The number of amides is 1. The fraction of sp³-hybridized carbons (Fsp3) is 0.765. The molecule has 1 aliphatic heterocycles. The van der Waals surface area contributed by atoms with Crippen LogP contribution in [0.4, 0.5) is 0 Å². The van der Waals surface area contributed by atoms with Gasteiger partial charge in [0.1, 0.15) is 4.75 Å². The summed E-state index contributed by atoms with van der Waals surface area (Å²) in [5.74, 6) is -0.0368. The Hall–Kier alpha value is -1.41. The van der Waals surface area contributed by atoms with E-state index in [1.807, 2.05) is 20.8 Å². The summed E-state index contributed by atoms with van der Waals surface area (Å²) in [6.07, 6.45) is 0.853. The fourth-order valence-corrected chi connectivity index (χ4v) is 4.64. The highest BCUT2D eigenvalue weighted by Gasteiger charge is 2.46. The second-order valence-electron chi connectivity index (χ2n) is 7.98. The maximum atomic E-state index is 12.8. The largest absolute Gasteiger partial charge is 0.381 e. The van der Waals surface area contributed by atoms with E-state index in [0.29, 0.717) is 31.8 Å². The summed E-state index contributed by atoms with van der Waals surface area (Å²) in [5, 5.41) is 6.12. The van der Waals surface area contributed by atoms with Gasteiger partial charge in [-0.2, -0.15) is 0 Å². The van der Waals surface area contributed by atoms with Crippen molar-refractivity contribution in [1.29, 1.82) is 0 Å². The lowest BCUT2D eigenvalue weighted by Gasteiger charge is -2.31. The SMILES string of the molecule is CC(C)(C)c1cc(CNC(=O)C(C)(C)S(=O)(=O)C2CCOCC2)on1. The summed E-state index contributed by atoms with van der Waals surface area (Å²) in [7, 11) is -3.62. The predicted molar refractivity (Wildman–Crippen MR) is 93.9 cm³/mol. The Balaban J connectivity index is 2.04. The number of ether oxygens (including phenoxy) is 1. The van der Waals surface area contributed by atoms with Gasteiger partial charge in [-0.25, -0.2) is 8.42 Å². The molecule has 0 aliphatic carbocycles. The number of carbonyl (C=O) groups excluding carboxylic acids is 1.